The van der Waals surface area contributed by atoms with Crippen molar-refractivity contribution in [1.82, 2.24) is 9.78 Å². The molecule has 0 bridgehead atoms. The van der Waals surface area contributed by atoms with Crippen LogP contribution in [0.15, 0.2) is 24.4 Å². The number of ether oxygens (including phenoxy) is 2. The van der Waals surface area contributed by atoms with Crippen molar-refractivity contribution < 1.29 is 9.47 Å². The SMILES string of the molecule is COCCOCCCn1ncc2ccc(N)cc21. The maximum absolute atomic E-state index is 5.78. The molecule has 0 atom stereocenters. The van der Waals surface area contributed by atoms with Crippen LogP contribution in [0.1, 0.15) is 6.42 Å². The van der Waals surface area contributed by atoms with E-state index < -0.39 is 0 Å². The zero-order valence-electron chi connectivity index (χ0n) is 10.6. The molecule has 0 unspecified atom stereocenters. The van der Waals surface area contributed by atoms with Crippen molar-refractivity contribution in [1.29, 1.82) is 0 Å². The molecule has 2 aromatic rings. The largest absolute Gasteiger partial charge is 0.399 e. The molecule has 0 aliphatic heterocycles. The zero-order chi connectivity index (χ0) is 12.8. The molecule has 98 valence electrons. The van der Waals surface area contributed by atoms with Gasteiger partial charge in [0.05, 0.1) is 24.9 Å². The van der Waals surface area contributed by atoms with Crippen molar-refractivity contribution in [3.05, 3.63) is 24.4 Å². The summed E-state index contributed by atoms with van der Waals surface area (Å²) >= 11 is 0. The minimum Gasteiger partial charge on any atom is -0.399 e. The molecule has 0 fully saturated rings. The first-order valence-electron chi connectivity index (χ1n) is 6.09. The van der Waals surface area contributed by atoms with E-state index in [0.717, 1.165) is 29.6 Å². The van der Waals surface area contributed by atoms with Crippen molar-refractivity contribution >= 4 is 16.6 Å². The predicted octanol–water partition coefficient (Wildman–Crippen LogP) is 1.67. The van der Waals surface area contributed by atoms with Gasteiger partial charge >= 0.3 is 0 Å². The smallest absolute Gasteiger partial charge is 0.0702 e. The number of hydrogen-bond acceptors (Lipinski definition) is 4. The molecular formula is C13H19N3O2. The summed E-state index contributed by atoms with van der Waals surface area (Å²) in [5, 5.41) is 5.47. The molecule has 0 spiro atoms. The molecule has 0 aliphatic rings. The van der Waals surface area contributed by atoms with Crippen LogP contribution in [-0.4, -0.2) is 36.7 Å². The van der Waals surface area contributed by atoms with Crippen LogP contribution in [0.2, 0.25) is 0 Å². The summed E-state index contributed by atoms with van der Waals surface area (Å²) in [5.41, 5.74) is 7.62. The standard InChI is InChI=1S/C13H19N3O2/c1-17-7-8-18-6-2-5-16-13-9-12(14)4-3-11(13)10-15-16/h3-4,9-10H,2,5-8,14H2,1H3. The minimum atomic E-state index is 0.640. The number of hydrogen-bond donors (Lipinski definition) is 1. The fourth-order valence-corrected chi connectivity index (χ4v) is 1.83. The first-order valence-corrected chi connectivity index (χ1v) is 6.09. The zero-order valence-corrected chi connectivity index (χ0v) is 10.6. The van der Waals surface area contributed by atoms with Crippen LogP contribution in [0.25, 0.3) is 10.9 Å². The summed E-state index contributed by atoms with van der Waals surface area (Å²) in [6, 6.07) is 5.83. The van der Waals surface area contributed by atoms with Crippen LogP contribution in [0.5, 0.6) is 0 Å². The second-order valence-corrected chi connectivity index (χ2v) is 4.14. The monoisotopic (exact) mass is 249 g/mol. The number of rotatable bonds is 7. The number of aryl methyl sites for hydroxylation is 1. The van der Waals surface area contributed by atoms with Gasteiger partial charge in [-0.3, -0.25) is 4.68 Å². The van der Waals surface area contributed by atoms with E-state index in [1.807, 2.05) is 29.1 Å². The molecule has 0 saturated carbocycles. The highest BCUT2D eigenvalue weighted by atomic mass is 16.5. The second-order valence-electron chi connectivity index (χ2n) is 4.14. The molecule has 0 aliphatic carbocycles. The Balaban J connectivity index is 1.86. The van der Waals surface area contributed by atoms with Gasteiger partial charge in [0.1, 0.15) is 0 Å². The Morgan fingerprint density at radius 1 is 1.28 bits per heavy atom. The summed E-state index contributed by atoms with van der Waals surface area (Å²) in [4.78, 5) is 0. The fraction of sp³-hybridized carbons (Fsp3) is 0.462. The molecule has 1 heterocycles. The number of fused-ring (bicyclic) bond motifs is 1. The van der Waals surface area contributed by atoms with E-state index in [1.54, 1.807) is 7.11 Å². The van der Waals surface area contributed by atoms with Gasteiger partial charge in [0.2, 0.25) is 0 Å². The van der Waals surface area contributed by atoms with Crippen LogP contribution in [-0.2, 0) is 16.0 Å². The van der Waals surface area contributed by atoms with Gasteiger partial charge in [-0.25, -0.2) is 0 Å². The van der Waals surface area contributed by atoms with Gasteiger partial charge in [0.25, 0.3) is 0 Å². The highest BCUT2D eigenvalue weighted by Gasteiger charge is 2.02. The summed E-state index contributed by atoms with van der Waals surface area (Å²) in [7, 11) is 1.67. The van der Waals surface area contributed by atoms with Crippen LogP contribution < -0.4 is 5.73 Å². The molecule has 18 heavy (non-hydrogen) atoms. The number of benzene rings is 1. The number of nitrogen functional groups attached to an aromatic ring is 1. The van der Waals surface area contributed by atoms with E-state index in [1.165, 1.54) is 0 Å². The third-order valence-corrected chi connectivity index (χ3v) is 2.76. The average Bonchev–Trinajstić information content (AvgIpc) is 2.76. The lowest BCUT2D eigenvalue weighted by molar-refractivity contribution is 0.0678. The third-order valence-electron chi connectivity index (χ3n) is 2.76. The molecule has 1 aromatic carbocycles. The normalized spacial score (nSPS) is 11.2. The highest BCUT2D eigenvalue weighted by Crippen LogP contribution is 2.17. The molecule has 0 saturated heterocycles. The summed E-state index contributed by atoms with van der Waals surface area (Å²) in [6.45, 7) is 2.83. The van der Waals surface area contributed by atoms with E-state index in [0.29, 0.717) is 19.8 Å². The van der Waals surface area contributed by atoms with Crippen molar-refractivity contribution in [3.63, 3.8) is 0 Å². The molecule has 5 heteroatoms. The van der Waals surface area contributed by atoms with Crippen molar-refractivity contribution in [2.24, 2.45) is 0 Å². The lowest BCUT2D eigenvalue weighted by Crippen LogP contribution is -2.07. The number of aromatic nitrogens is 2. The molecular weight excluding hydrogens is 230 g/mol. The number of nitrogens with zero attached hydrogens (tertiary/aromatic N) is 2. The number of methoxy groups -OCH3 is 1. The van der Waals surface area contributed by atoms with Crippen molar-refractivity contribution in [2.75, 3.05) is 32.7 Å². The predicted molar refractivity (Wildman–Crippen MR) is 71.5 cm³/mol. The molecule has 1 aromatic heterocycles. The summed E-state index contributed by atoms with van der Waals surface area (Å²) in [5.74, 6) is 0. The Hall–Kier alpha value is -1.59. The van der Waals surface area contributed by atoms with E-state index in [2.05, 4.69) is 5.10 Å². The lowest BCUT2D eigenvalue weighted by atomic mass is 10.2. The fourth-order valence-electron chi connectivity index (χ4n) is 1.83. The lowest BCUT2D eigenvalue weighted by Gasteiger charge is -2.05. The van der Waals surface area contributed by atoms with Crippen LogP contribution in [0, 0.1) is 0 Å². The highest BCUT2D eigenvalue weighted by molar-refractivity contribution is 5.81. The van der Waals surface area contributed by atoms with Crippen LogP contribution in [0.4, 0.5) is 5.69 Å². The number of nitrogens with two attached hydrogens (primary N) is 1. The van der Waals surface area contributed by atoms with Gasteiger partial charge in [-0.2, -0.15) is 5.10 Å². The van der Waals surface area contributed by atoms with Crippen LogP contribution in [0.3, 0.4) is 0 Å². The minimum absolute atomic E-state index is 0.640. The molecule has 0 radical (unpaired) electrons. The van der Waals surface area contributed by atoms with Crippen molar-refractivity contribution in [3.8, 4) is 0 Å². The van der Waals surface area contributed by atoms with Gasteiger partial charge in [-0.1, -0.05) is 0 Å². The van der Waals surface area contributed by atoms with Gasteiger partial charge in [0.15, 0.2) is 0 Å². The second kappa shape index (κ2) is 6.37. The summed E-state index contributed by atoms with van der Waals surface area (Å²) in [6.07, 6.45) is 2.79. The van der Waals surface area contributed by atoms with E-state index in [4.69, 9.17) is 15.2 Å². The number of anilines is 1. The Morgan fingerprint density at radius 3 is 3.00 bits per heavy atom. The maximum atomic E-state index is 5.78. The van der Waals surface area contributed by atoms with Crippen molar-refractivity contribution in [2.45, 2.75) is 13.0 Å². The molecule has 2 N–H and O–H groups in total. The van der Waals surface area contributed by atoms with E-state index in [9.17, 15) is 0 Å². The molecule has 5 nitrogen and oxygen atoms in total. The van der Waals surface area contributed by atoms with Gasteiger partial charge in [0, 0.05) is 31.3 Å². The van der Waals surface area contributed by atoms with Crippen LogP contribution >= 0.6 is 0 Å². The Kier molecular flexibility index (Phi) is 4.55. The maximum Gasteiger partial charge on any atom is 0.0702 e. The van der Waals surface area contributed by atoms with E-state index in [-0.39, 0.29) is 0 Å². The van der Waals surface area contributed by atoms with Gasteiger partial charge in [-0.15, -0.1) is 0 Å². The summed E-state index contributed by atoms with van der Waals surface area (Å²) < 4.78 is 12.3. The van der Waals surface area contributed by atoms with E-state index >= 15 is 0 Å². The molecule has 0 amide bonds. The quantitative estimate of drug-likeness (QED) is 0.599. The Bertz CT molecular complexity index is 496. The molecule has 2 rings (SSSR count). The van der Waals surface area contributed by atoms with Gasteiger partial charge in [-0.05, 0) is 24.6 Å². The topological polar surface area (TPSA) is 62.3 Å². The Morgan fingerprint density at radius 2 is 2.17 bits per heavy atom. The average molecular weight is 249 g/mol. The Labute approximate surface area is 106 Å². The first-order chi connectivity index (χ1) is 8.81. The van der Waals surface area contributed by atoms with Gasteiger partial charge < -0.3 is 15.2 Å². The third kappa shape index (κ3) is 3.21. The first kappa shape index (κ1) is 12.9.